The van der Waals surface area contributed by atoms with Gasteiger partial charge in [0.25, 0.3) is 5.91 Å². The van der Waals surface area contributed by atoms with Crippen molar-refractivity contribution in [1.29, 1.82) is 0 Å². The number of nitrogens with two attached hydrogens (primary N) is 1. The number of carbonyl (C=O) groups is 2. The normalized spacial score (nSPS) is 25.2. The van der Waals surface area contributed by atoms with Crippen LogP contribution >= 0.6 is 0 Å². The summed E-state index contributed by atoms with van der Waals surface area (Å²) in [6.45, 7) is 2.70. The lowest BCUT2D eigenvalue weighted by atomic mass is 10.0. The molecule has 48 heavy (non-hydrogen) atoms. The molecule has 1 aliphatic carbocycles. The van der Waals surface area contributed by atoms with Gasteiger partial charge in [-0.2, -0.15) is 0 Å². The fourth-order valence-corrected chi connectivity index (χ4v) is 7.39. The van der Waals surface area contributed by atoms with Crippen molar-refractivity contribution in [3.63, 3.8) is 0 Å². The van der Waals surface area contributed by atoms with Crippen LogP contribution in [0.1, 0.15) is 67.5 Å². The number of pyridine rings is 1. The average Bonchev–Trinajstić information content (AvgIpc) is 3.63. The zero-order valence-corrected chi connectivity index (χ0v) is 27.2. The van der Waals surface area contributed by atoms with Crippen LogP contribution in [-0.2, 0) is 23.1 Å². The third kappa shape index (κ3) is 6.11. The number of methoxy groups -OCH3 is 1. The number of hydrogen-bond acceptors (Lipinski definition) is 7. The lowest BCUT2D eigenvalue weighted by molar-refractivity contribution is -0.347. The third-order valence-corrected chi connectivity index (χ3v) is 10.1. The molecule has 3 N–H and O–H groups in total. The molecule has 1 saturated heterocycles. The van der Waals surface area contributed by atoms with E-state index in [4.69, 9.17) is 20.4 Å². The molecule has 7 rings (SSSR count). The van der Waals surface area contributed by atoms with Crippen LogP contribution in [0, 0.1) is 11.8 Å². The van der Waals surface area contributed by atoms with Crippen LogP contribution in [0.15, 0.2) is 30.3 Å². The molecule has 3 aromatic heterocycles. The van der Waals surface area contributed by atoms with Crippen molar-refractivity contribution in [2.45, 2.75) is 76.5 Å². The van der Waals surface area contributed by atoms with Crippen LogP contribution in [0.25, 0.3) is 33.6 Å². The van der Waals surface area contributed by atoms with Gasteiger partial charge < -0.3 is 29.8 Å². The number of hydrogen-bond donors (Lipinski definition) is 2. The molecule has 0 spiro atoms. The number of imidazole rings is 1. The second-order valence-electron chi connectivity index (χ2n) is 13.4. The quantitative estimate of drug-likeness (QED) is 0.311. The topological polar surface area (TPSA) is 130 Å². The molecule has 0 unspecified atom stereocenters. The highest BCUT2D eigenvalue weighted by molar-refractivity contribution is 6.00. The van der Waals surface area contributed by atoms with Gasteiger partial charge in [-0.15, -0.1) is 13.2 Å². The summed E-state index contributed by atoms with van der Waals surface area (Å²) in [6.07, 6.45) is -0.988. The van der Waals surface area contributed by atoms with Crippen LogP contribution in [0.3, 0.4) is 0 Å². The van der Waals surface area contributed by atoms with Crippen molar-refractivity contribution in [2.75, 3.05) is 20.2 Å². The van der Waals surface area contributed by atoms with Crippen molar-refractivity contribution < 1.29 is 32.2 Å². The van der Waals surface area contributed by atoms with Gasteiger partial charge in [-0.05, 0) is 68.9 Å². The number of piperidine rings is 1. The Morgan fingerprint density at radius 1 is 1.08 bits per heavy atom. The van der Waals surface area contributed by atoms with E-state index in [0.29, 0.717) is 34.1 Å². The molecule has 1 aromatic carbocycles. The van der Waals surface area contributed by atoms with Crippen LogP contribution in [-0.4, -0.2) is 74.5 Å². The largest absolute Gasteiger partial charge is 0.522 e. The number of aromatic nitrogens is 4. The van der Waals surface area contributed by atoms with Gasteiger partial charge in [0.1, 0.15) is 16.9 Å². The van der Waals surface area contributed by atoms with Gasteiger partial charge in [0.15, 0.2) is 5.82 Å². The number of fused-ring (bicyclic) bond motifs is 3. The number of nitrogens with one attached hydrogen (secondary N) is 1. The molecule has 11 nitrogen and oxygen atoms in total. The van der Waals surface area contributed by atoms with Gasteiger partial charge in [0.2, 0.25) is 5.91 Å². The number of benzene rings is 1. The number of halogens is 3. The minimum atomic E-state index is -4.79. The molecule has 5 heterocycles. The number of likely N-dealkylation sites (tertiary alicyclic amines) is 1. The van der Waals surface area contributed by atoms with E-state index in [1.165, 1.54) is 12.0 Å². The Kier molecular flexibility index (Phi) is 8.35. The maximum atomic E-state index is 13.6. The van der Waals surface area contributed by atoms with E-state index >= 15 is 0 Å². The van der Waals surface area contributed by atoms with E-state index in [1.54, 1.807) is 12.1 Å². The maximum Gasteiger partial charge on any atom is 0.522 e. The predicted octanol–water partition coefficient (Wildman–Crippen LogP) is 5.06. The molecule has 2 aliphatic heterocycles. The Hall–Kier alpha value is -4.17. The first-order chi connectivity index (χ1) is 22.9. The smallest absolute Gasteiger partial charge is 0.494 e. The minimum absolute atomic E-state index is 0.0356. The summed E-state index contributed by atoms with van der Waals surface area (Å²) >= 11 is 0. The van der Waals surface area contributed by atoms with Gasteiger partial charge in [-0.25, -0.2) is 9.97 Å². The van der Waals surface area contributed by atoms with Gasteiger partial charge >= 0.3 is 6.36 Å². The highest BCUT2D eigenvalue weighted by atomic mass is 19.4. The van der Waals surface area contributed by atoms with Gasteiger partial charge in [0, 0.05) is 49.6 Å². The van der Waals surface area contributed by atoms with Crippen LogP contribution in [0.4, 0.5) is 13.2 Å². The van der Waals surface area contributed by atoms with E-state index < -0.39 is 18.5 Å². The van der Waals surface area contributed by atoms with E-state index in [9.17, 15) is 22.8 Å². The van der Waals surface area contributed by atoms with E-state index in [0.717, 1.165) is 61.1 Å². The fourth-order valence-electron chi connectivity index (χ4n) is 7.39. The number of aryl methyl sites for hydroxylation is 2. The summed E-state index contributed by atoms with van der Waals surface area (Å²) in [4.78, 5) is 38.0. The number of nitrogens with zero attached hydrogens (tertiary/aromatic N) is 5. The van der Waals surface area contributed by atoms with E-state index in [1.807, 2.05) is 30.7 Å². The summed E-state index contributed by atoms with van der Waals surface area (Å²) in [5.41, 5.74) is 10.0. The predicted molar refractivity (Wildman–Crippen MR) is 172 cm³/mol. The van der Waals surface area contributed by atoms with Crippen molar-refractivity contribution in [1.82, 2.24) is 29.3 Å². The molecule has 3 aliphatic rings. The first-order valence-electron chi connectivity index (χ1n) is 16.6. The summed E-state index contributed by atoms with van der Waals surface area (Å²) in [5, 5.41) is 4.12. The molecule has 14 heteroatoms. The minimum Gasteiger partial charge on any atom is -0.494 e. The number of alkyl halides is 3. The molecule has 2 fully saturated rings. The van der Waals surface area contributed by atoms with Crippen molar-refractivity contribution >= 4 is 33.9 Å². The monoisotopic (exact) mass is 667 g/mol. The van der Waals surface area contributed by atoms with Crippen molar-refractivity contribution in [2.24, 2.45) is 24.6 Å². The molecule has 0 radical (unpaired) electrons. The summed E-state index contributed by atoms with van der Waals surface area (Å²) < 4.78 is 52.5. The Bertz CT molecular complexity index is 1890. The van der Waals surface area contributed by atoms with Gasteiger partial charge in [-0.3, -0.25) is 14.3 Å². The van der Waals surface area contributed by atoms with Crippen LogP contribution < -0.4 is 15.8 Å². The lowest BCUT2D eigenvalue weighted by Gasteiger charge is -2.36. The molecule has 5 atom stereocenters. The number of ether oxygens (including phenoxy) is 2. The SMILES string of the molecule is COc1cc(C(=O)N2CC[C@@H](OC(F)(F)F)[C@@H](N)C2)cc2nc(-c3cc4ccc5nc4n3CCCCC[C@@H]3C[C@H]3C(=O)N[C@@H]5C)n(C)c12. The zero-order valence-electron chi connectivity index (χ0n) is 27.2. The molecular formula is C34H40F3N7O4. The Labute approximate surface area is 275 Å². The van der Waals surface area contributed by atoms with Crippen LogP contribution in [0.5, 0.6) is 5.75 Å². The average molecular weight is 668 g/mol. The number of carbonyl (C=O) groups excluding carboxylic acids is 2. The Morgan fingerprint density at radius 2 is 1.90 bits per heavy atom. The number of amides is 2. The maximum absolute atomic E-state index is 13.6. The number of rotatable bonds is 4. The molecular weight excluding hydrogens is 627 g/mol. The first-order valence-corrected chi connectivity index (χ1v) is 16.6. The van der Waals surface area contributed by atoms with Crippen molar-refractivity contribution in [3.8, 4) is 17.3 Å². The van der Waals surface area contributed by atoms with Crippen LogP contribution in [0.2, 0.25) is 0 Å². The molecule has 4 aromatic rings. The first kappa shape index (κ1) is 32.4. The molecule has 1 saturated carbocycles. The third-order valence-electron chi connectivity index (χ3n) is 10.1. The second kappa shape index (κ2) is 12.4. The Balaban J connectivity index is 1.23. The van der Waals surface area contributed by atoms with Crippen molar-refractivity contribution in [3.05, 3.63) is 41.6 Å². The standard InChI is InChI=1S/C34H40F3N7O4/c1-18-24-9-8-20-15-26(44(30(20)40-24)11-6-4-5-7-19-13-22(19)32(45)39-18)31-41-25-14-21(16-28(47-3)29(25)42(31)2)33(46)43-12-10-27(23(38)17-43)48-34(35,36)37/h8-9,14-16,18-19,22-23,27H,4-7,10-13,17,38H2,1-3H3,(H,39,45)/t18-,19-,22-,23+,27-/m1/s1. The van der Waals surface area contributed by atoms with E-state index in [2.05, 4.69) is 20.7 Å². The van der Waals surface area contributed by atoms with Gasteiger partial charge in [-0.1, -0.05) is 12.8 Å². The molecule has 2 bridgehead atoms. The van der Waals surface area contributed by atoms with Gasteiger partial charge in [0.05, 0.1) is 36.2 Å². The molecule has 2 amide bonds. The highest BCUT2D eigenvalue weighted by Crippen LogP contribution is 2.43. The lowest BCUT2D eigenvalue weighted by Crippen LogP contribution is -2.55. The van der Waals surface area contributed by atoms with E-state index in [-0.39, 0.29) is 43.3 Å². The summed E-state index contributed by atoms with van der Waals surface area (Å²) in [7, 11) is 3.42. The second-order valence-corrected chi connectivity index (χ2v) is 13.4. The zero-order chi connectivity index (χ0) is 33.9. The summed E-state index contributed by atoms with van der Waals surface area (Å²) in [6, 6.07) is 8.15. The Morgan fingerprint density at radius 3 is 2.65 bits per heavy atom. The molecule has 256 valence electrons. The fraction of sp³-hybridized carbons (Fsp3) is 0.529. The summed E-state index contributed by atoms with van der Waals surface area (Å²) in [5.74, 6) is 1.42. The highest BCUT2D eigenvalue weighted by Gasteiger charge is 2.43.